The molecule has 1 aromatic rings. The van der Waals surface area contributed by atoms with E-state index >= 15 is 0 Å². The van der Waals surface area contributed by atoms with Crippen LogP contribution in [0.5, 0.6) is 0 Å². The minimum absolute atomic E-state index is 0.101. The molecule has 0 heterocycles. The van der Waals surface area contributed by atoms with Gasteiger partial charge in [0.15, 0.2) is 0 Å². The summed E-state index contributed by atoms with van der Waals surface area (Å²) in [5.41, 5.74) is 1.44. The molecule has 0 aliphatic heterocycles. The Morgan fingerprint density at radius 1 is 1.36 bits per heavy atom. The summed E-state index contributed by atoms with van der Waals surface area (Å²) in [7, 11) is 0. The van der Waals surface area contributed by atoms with E-state index in [2.05, 4.69) is 11.9 Å². The quantitative estimate of drug-likeness (QED) is 0.572. The maximum absolute atomic E-state index is 11.5. The number of carbonyl (C=O) groups is 1. The van der Waals surface area contributed by atoms with Gasteiger partial charge in [0.1, 0.15) is 0 Å². The molecule has 0 aliphatic rings. The van der Waals surface area contributed by atoms with Crippen LogP contribution in [0.4, 0.5) is 5.69 Å². The highest BCUT2D eigenvalue weighted by Gasteiger charge is 2.02. The third-order valence-electron chi connectivity index (χ3n) is 1.76. The summed E-state index contributed by atoms with van der Waals surface area (Å²) in [6.45, 7) is 5.28. The SMILES string of the molecule is C=C/C=C(\C)C(=O)Nc1ccccc1. The van der Waals surface area contributed by atoms with Gasteiger partial charge in [-0.2, -0.15) is 0 Å². The van der Waals surface area contributed by atoms with Gasteiger partial charge >= 0.3 is 0 Å². The Bertz CT molecular complexity index is 352. The van der Waals surface area contributed by atoms with Crippen molar-refractivity contribution in [3.63, 3.8) is 0 Å². The van der Waals surface area contributed by atoms with Crippen molar-refractivity contribution in [2.75, 3.05) is 5.32 Å². The van der Waals surface area contributed by atoms with E-state index in [4.69, 9.17) is 0 Å². The second kappa shape index (κ2) is 5.02. The van der Waals surface area contributed by atoms with E-state index in [0.717, 1.165) is 5.69 Å². The predicted molar refractivity (Wildman–Crippen MR) is 59.0 cm³/mol. The lowest BCUT2D eigenvalue weighted by Crippen LogP contribution is -2.12. The number of allylic oxidation sites excluding steroid dienone is 2. The van der Waals surface area contributed by atoms with Gasteiger partial charge in [0.25, 0.3) is 5.91 Å². The van der Waals surface area contributed by atoms with E-state index in [-0.39, 0.29) is 5.91 Å². The van der Waals surface area contributed by atoms with Crippen molar-refractivity contribution in [2.45, 2.75) is 6.92 Å². The number of rotatable bonds is 3. The van der Waals surface area contributed by atoms with Crippen molar-refractivity contribution in [1.82, 2.24) is 0 Å². The van der Waals surface area contributed by atoms with Crippen molar-refractivity contribution >= 4 is 11.6 Å². The fourth-order valence-corrected chi connectivity index (χ4v) is 1.00. The van der Waals surface area contributed by atoms with Crippen LogP contribution in [-0.4, -0.2) is 5.91 Å². The predicted octanol–water partition coefficient (Wildman–Crippen LogP) is 2.76. The highest BCUT2D eigenvalue weighted by Crippen LogP contribution is 2.06. The molecule has 1 N–H and O–H groups in total. The van der Waals surface area contributed by atoms with Crippen LogP contribution in [0, 0.1) is 0 Å². The first-order valence-corrected chi connectivity index (χ1v) is 4.40. The number of carbonyl (C=O) groups excluding carboxylic acids is 1. The molecule has 14 heavy (non-hydrogen) atoms. The van der Waals surface area contributed by atoms with Crippen LogP contribution >= 0.6 is 0 Å². The molecule has 0 aromatic heterocycles. The van der Waals surface area contributed by atoms with Gasteiger partial charge in [-0.1, -0.05) is 36.9 Å². The van der Waals surface area contributed by atoms with Crippen LogP contribution in [-0.2, 0) is 4.79 Å². The zero-order valence-corrected chi connectivity index (χ0v) is 8.16. The molecule has 1 rings (SSSR count). The number of amides is 1. The van der Waals surface area contributed by atoms with Crippen molar-refractivity contribution in [1.29, 1.82) is 0 Å². The fourth-order valence-electron chi connectivity index (χ4n) is 1.00. The summed E-state index contributed by atoms with van der Waals surface area (Å²) in [5, 5.41) is 2.77. The van der Waals surface area contributed by atoms with Crippen molar-refractivity contribution in [2.24, 2.45) is 0 Å². The lowest BCUT2D eigenvalue weighted by atomic mass is 10.2. The lowest BCUT2D eigenvalue weighted by molar-refractivity contribution is -0.112. The van der Waals surface area contributed by atoms with Crippen LogP contribution in [0.2, 0.25) is 0 Å². The number of nitrogens with one attached hydrogen (secondary N) is 1. The van der Waals surface area contributed by atoms with Crippen LogP contribution in [0.25, 0.3) is 0 Å². The molecule has 72 valence electrons. The van der Waals surface area contributed by atoms with Crippen LogP contribution in [0.15, 0.2) is 54.6 Å². The summed E-state index contributed by atoms with van der Waals surface area (Å²) >= 11 is 0. The van der Waals surface area contributed by atoms with E-state index in [0.29, 0.717) is 5.57 Å². The summed E-state index contributed by atoms with van der Waals surface area (Å²) in [6.07, 6.45) is 3.28. The molecule has 0 bridgehead atoms. The lowest BCUT2D eigenvalue weighted by Gasteiger charge is -2.03. The first-order chi connectivity index (χ1) is 6.74. The first kappa shape index (κ1) is 10.3. The summed E-state index contributed by atoms with van der Waals surface area (Å²) in [6, 6.07) is 9.35. The molecular formula is C12H13NO. The molecular weight excluding hydrogens is 174 g/mol. The summed E-state index contributed by atoms with van der Waals surface area (Å²) in [5.74, 6) is -0.101. The Kier molecular flexibility index (Phi) is 3.68. The molecule has 0 saturated carbocycles. The van der Waals surface area contributed by atoms with Gasteiger partial charge in [-0.15, -0.1) is 0 Å². The van der Waals surface area contributed by atoms with Crippen molar-refractivity contribution in [3.05, 3.63) is 54.6 Å². The van der Waals surface area contributed by atoms with E-state index in [9.17, 15) is 4.79 Å². The van der Waals surface area contributed by atoms with E-state index in [1.807, 2.05) is 30.3 Å². The number of anilines is 1. The van der Waals surface area contributed by atoms with Gasteiger partial charge in [-0.25, -0.2) is 0 Å². The van der Waals surface area contributed by atoms with E-state index in [1.165, 1.54) is 0 Å². The Morgan fingerprint density at radius 2 is 2.00 bits per heavy atom. The maximum atomic E-state index is 11.5. The normalized spacial score (nSPS) is 10.8. The second-order valence-corrected chi connectivity index (χ2v) is 2.91. The molecule has 0 aliphatic carbocycles. The highest BCUT2D eigenvalue weighted by atomic mass is 16.1. The van der Waals surface area contributed by atoms with Crippen LogP contribution in [0.3, 0.4) is 0 Å². The van der Waals surface area contributed by atoms with Gasteiger partial charge in [-0.3, -0.25) is 4.79 Å². The molecule has 0 radical (unpaired) electrons. The third-order valence-corrected chi connectivity index (χ3v) is 1.76. The van der Waals surface area contributed by atoms with Crippen LogP contribution < -0.4 is 5.32 Å². The van der Waals surface area contributed by atoms with E-state index < -0.39 is 0 Å². The number of para-hydroxylation sites is 1. The smallest absolute Gasteiger partial charge is 0.251 e. The van der Waals surface area contributed by atoms with Crippen molar-refractivity contribution < 1.29 is 4.79 Å². The number of hydrogen-bond acceptors (Lipinski definition) is 1. The summed E-state index contributed by atoms with van der Waals surface area (Å²) < 4.78 is 0. The molecule has 1 aromatic carbocycles. The molecule has 0 atom stereocenters. The topological polar surface area (TPSA) is 29.1 Å². The zero-order valence-electron chi connectivity index (χ0n) is 8.16. The van der Waals surface area contributed by atoms with E-state index in [1.54, 1.807) is 19.1 Å². The molecule has 0 saturated heterocycles. The Balaban J connectivity index is 2.67. The molecule has 0 fully saturated rings. The van der Waals surface area contributed by atoms with Crippen LogP contribution in [0.1, 0.15) is 6.92 Å². The Hall–Kier alpha value is -1.83. The monoisotopic (exact) mass is 187 g/mol. The van der Waals surface area contributed by atoms with Crippen molar-refractivity contribution in [3.8, 4) is 0 Å². The largest absolute Gasteiger partial charge is 0.322 e. The molecule has 2 nitrogen and oxygen atoms in total. The van der Waals surface area contributed by atoms with Gasteiger partial charge in [-0.05, 0) is 19.1 Å². The van der Waals surface area contributed by atoms with Gasteiger partial charge in [0, 0.05) is 11.3 Å². The van der Waals surface area contributed by atoms with Gasteiger partial charge < -0.3 is 5.32 Å². The first-order valence-electron chi connectivity index (χ1n) is 4.40. The van der Waals surface area contributed by atoms with Gasteiger partial charge in [0.2, 0.25) is 0 Å². The summed E-state index contributed by atoms with van der Waals surface area (Å²) in [4.78, 5) is 11.5. The molecule has 0 spiro atoms. The van der Waals surface area contributed by atoms with Gasteiger partial charge in [0.05, 0.1) is 0 Å². The molecule has 2 heteroatoms. The number of benzene rings is 1. The Morgan fingerprint density at radius 3 is 2.57 bits per heavy atom. The number of hydrogen-bond donors (Lipinski definition) is 1. The average molecular weight is 187 g/mol. The maximum Gasteiger partial charge on any atom is 0.251 e. The minimum Gasteiger partial charge on any atom is -0.322 e. The molecule has 1 amide bonds. The standard InChI is InChI=1S/C12H13NO/c1-3-7-10(2)12(14)13-11-8-5-4-6-9-11/h3-9H,1H2,2H3,(H,13,14)/b10-7+. The fraction of sp³-hybridized carbons (Fsp3) is 0.0833. The molecule has 0 unspecified atom stereocenters. The second-order valence-electron chi connectivity index (χ2n) is 2.91. The Labute approximate surface area is 84.0 Å². The third kappa shape index (κ3) is 2.90. The zero-order chi connectivity index (χ0) is 10.4. The average Bonchev–Trinajstić information content (AvgIpc) is 2.19. The highest BCUT2D eigenvalue weighted by molar-refractivity contribution is 6.03. The minimum atomic E-state index is -0.101.